The van der Waals surface area contributed by atoms with E-state index in [4.69, 9.17) is 0 Å². The lowest BCUT2D eigenvalue weighted by atomic mass is 10.1. The van der Waals surface area contributed by atoms with Gasteiger partial charge < -0.3 is 10.2 Å². The van der Waals surface area contributed by atoms with Gasteiger partial charge in [0, 0.05) is 12.6 Å². The Labute approximate surface area is 160 Å². The van der Waals surface area contributed by atoms with Gasteiger partial charge in [0.2, 0.25) is 11.8 Å². The highest BCUT2D eigenvalue weighted by atomic mass is 19.1. The second-order valence-corrected chi connectivity index (χ2v) is 7.12. The lowest BCUT2D eigenvalue weighted by Crippen LogP contribution is -2.49. The maximum atomic E-state index is 14.0. The summed E-state index contributed by atoms with van der Waals surface area (Å²) < 4.78 is 14.0. The predicted molar refractivity (Wildman–Crippen MR) is 105 cm³/mol. The largest absolute Gasteiger partial charge is 0.352 e. The Kier molecular flexibility index (Phi) is 7.11. The molecule has 0 spiro atoms. The highest BCUT2D eigenvalue weighted by molar-refractivity contribution is 5.88. The van der Waals surface area contributed by atoms with Crippen molar-refractivity contribution in [3.63, 3.8) is 0 Å². The van der Waals surface area contributed by atoms with E-state index in [0.717, 1.165) is 11.1 Å². The number of carbonyl (C=O) groups excluding carboxylic acids is 2. The Balaban J connectivity index is 2.26. The molecular weight excluding hydrogens is 343 g/mol. The first-order valence-electron chi connectivity index (χ1n) is 9.16. The quantitative estimate of drug-likeness (QED) is 0.809. The van der Waals surface area contributed by atoms with Crippen LogP contribution in [0.25, 0.3) is 0 Å². The van der Waals surface area contributed by atoms with Crippen molar-refractivity contribution in [1.82, 2.24) is 10.2 Å². The van der Waals surface area contributed by atoms with E-state index in [9.17, 15) is 14.0 Å². The zero-order chi connectivity index (χ0) is 20.0. The summed E-state index contributed by atoms with van der Waals surface area (Å²) in [5.74, 6) is -0.923. The number of nitrogens with one attached hydrogen (secondary N) is 1. The van der Waals surface area contributed by atoms with Gasteiger partial charge in [-0.05, 0) is 44.9 Å². The molecule has 2 aromatic carbocycles. The molecule has 0 radical (unpaired) electrons. The van der Waals surface area contributed by atoms with Crippen molar-refractivity contribution >= 4 is 11.8 Å². The van der Waals surface area contributed by atoms with E-state index in [-0.39, 0.29) is 24.3 Å². The fourth-order valence-corrected chi connectivity index (χ4v) is 2.90. The number of carbonyl (C=O) groups is 2. The van der Waals surface area contributed by atoms with Crippen LogP contribution in [0.15, 0.2) is 48.5 Å². The summed E-state index contributed by atoms with van der Waals surface area (Å²) in [6.45, 7) is 7.71. The van der Waals surface area contributed by atoms with E-state index >= 15 is 0 Å². The molecule has 27 heavy (non-hydrogen) atoms. The molecule has 5 heteroatoms. The normalized spacial score (nSPS) is 11.9. The highest BCUT2D eigenvalue weighted by Crippen LogP contribution is 2.15. The summed E-state index contributed by atoms with van der Waals surface area (Å²) in [5.41, 5.74) is 2.34. The van der Waals surface area contributed by atoms with Crippen LogP contribution in [-0.2, 0) is 22.6 Å². The number of aryl methyl sites for hydroxylation is 1. The summed E-state index contributed by atoms with van der Waals surface area (Å²) in [4.78, 5) is 27.0. The van der Waals surface area contributed by atoms with E-state index in [0.29, 0.717) is 12.1 Å². The third-order valence-electron chi connectivity index (χ3n) is 4.33. The zero-order valence-electron chi connectivity index (χ0n) is 16.3. The van der Waals surface area contributed by atoms with Gasteiger partial charge in [-0.1, -0.05) is 48.0 Å². The zero-order valence-corrected chi connectivity index (χ0v) is 16.3. The van der Waals surface area contributed by atoms with Crippen LogP contribution in [0, 0.1) is 12.7 Å². The number of amides is 2. The van der Waals surface area contributed by atoms with Crippen molar-refractivity contribution in [1.29, 1.82) is 0 Å². The Morgan fingerprint density at radius 2 is 1.78 bits per heavy atom. The fraction of sp³-hybridized carbons (Fsp3) is 0.364. The van der Waals surface area contributed by atoms with Gasteiger partial charge in [0.05, 0.1) is 6.42 Å². The summed E-state index contributed by atoms with van der Waals surface area (Å²) in [7, 11) is 0. The number of halogens is 1. The molecule has 2 rings (SSSR count). The van der Waals surface area contributed by atoms with Crippen molar-refractivity contribution in [2.75, 3.05) is 0 Å². The van der Waals surface area contributed by atoms with Gasteiger partial charge in [0.1, 0.15) is 11.9 Å². The number of rotatable bonds is 7. The van der Waals surface area contributed by atoms with Gasteiger partial charge in [0.15, 0.2) is 0 Å². The molecule has 0 aromatic heterocycles. The molecule has 0 fully saturated rings. The van der Waals surface area contributed by atoms with Gasteiger partial charge in [0.25, 0.3) is 0 Å². The Bertz CT molecular complexity index is 804. The van der Waals surface area contributed by atoms with Crippen LogP contribution < -0.4 is 5.32 Å². The van der Waals surface area contributed by atoms with Gasteiger partial charge in [-0.3, -0.25) is 9.59 Å². The smallest absolute Gasteiger partial charge is 0.242 e. The van der Waals surface area contributed by atoms with Crippen molar-refractivity contribution in [2.24, 2.45) is 0 Å². The highest BCUT2D eigenvalue weighted by Gasteiger charge is 2.27. The van der Waals surface area contributed by atoms with Crippen LogP contribution >= 0.6 is 0 Å². The summed E-state index contributed by atoms with van der Waals surface area (Å²) in [6.07, 6.45) is -0.0855. The van der Waals surface area contributed by atoms with E-state index in [1.54, 1.807) is 25.1 Å². The molecule has 0 aliphatic rings. The average Bonchev–Trinajstić information content (AvgIpc) is 2.60. The van der Waals surface area contributed by atoms with Gasteiger partial charge >= 0.3 is 0 Å². The first kappa shape index (κ1) is 20.6. The standard InChI is InChI=1S/C22H27FN2O2/c1-15(2)24-22(27)17(4)25(14-18-9-7-8-16(3)12-18)21(26)13-19-10-5-6-11-20(19)23/h5-12,15,17H,13-14H2,1-4H3,(H,24,27)/t17-/m1/s1. The second-order valence-electron chi connectivity index (χ2n) is 7.12. The topological polar surface area (TPSA) is 49.4 Å². The molecule has 0 saturated heterocycles. The minimum atomic E-state index is -0.660. The molecule has 2 amide bonds. The third-order valence-corrected chi connectivity index (χ3v) is 4.33. The molecule has 0 bridgehead atoms. The van der Waals surface area contributed by atoms with Crippen LogP contribution in [0.1, 0.15) is 37.5 Å². The first-order valence-corrected chi connectivity index (χ1v) is 9.16. The molecular formula is C22H27FN2O2. The van der Waals surface area contributed by atoms with Gasteiger partial charge in [-0.2, -0.15) is 0 Å². The molecule has 1 N–H and O–H groups in total. The number of hydrogen-bond donors (Lipinski definition) is 1. The molecule has 0 unspecified atom stereocenters. The Hall–Kier alpha value is -2.69. The lowest BCUT2D eigenvalue weighted by molar-refractivity contribution is -0.140. The fourth-order valence-electron chi connectivity index (χ4n) is 2.90. The van der Waals surface area contributed by atoms with Crippen molar-refractivity contribution in [3.8, 4) is 0 Å². The summed E-state index contributed by atoms with van der Waals surface area (Å²) in [5, 5.41) is 2.84. The Morgan fingerprint density at radius 1 is 1.07 bits per heavy atom. The number of hydrogen-bond acceptors (Lipinski definition) is 2. The maximum Gasteiger partial charge on any atom is 0.242 e. The maximum absolute atomic E-state index is 14.0. The first-order chi connectivity index (χ1) is 12.8. The van der Waals surface area contributed by atoms with E-state index in [2.05, 4.69) is 5.32 Å². The molecule has 144 valence electrons. The van der Waals surface area contributed by atoms with Crippen LogP contribution in [0.5, 0.6) is 0 Å². The van der Waals surface area contributed by atoms with Crippen molar-refractivity contribution in [3.05, 3.63) is 71.0 Å². The van der Waals surface area contributed by atoms with Crippen LogP contribution in [0.3, 0.4) is 0 Å². The minimum absolute atomic E-state index is 0.0255. The number of benzene rings is 2. The van der Waals surface area contributed by atoms with Crippen LogP contribution in [0.4, 0.5) is 4.39 Å². The molecule has 0 heterocycles. The Morgan fingerprint density at radius 3 is 2.41 bits per heavy atom. The van der Waals surface area contributed by atoms with Crippen molar-refractivity contribution < 1.29 is 14.0 Å². The van der Waals surface area contributed by atoms with Crippen molar-refractivity contribution in [2.45, 2.75) is 52.7 Å². The lowest BCUT2D eigenvalue weighted by Gasteiger charge is -2.29. The SMILES string of the molecule is Cc1cccc(CN(C(=O)Cc2ccccc2F)[C@H](C)C(=O)NC(C)C)c1. The van der Waals surface area contributed by atoms with E-state index in [1.165, 1.54) is 11.0 Å². The third kappa shape index (κ3) is 5.91. The summed E-state index contributed by atoms with van der Waals surface area (Å²) >= 11 is 0. The van der Waals surface area contributed by atoms with E-state index in [1.807, 2.05) is 45.0 Å². The molecule has 0 saturated carbocycles. The van der Waals surface area contributed by atoms with Crippen LogP contribution in [-0.4, -0.2) is 28.8 Å². The van der Waals surface area contributed by atoms with E-state index < -0.39 is 11.9 Å². The molecule has 4 nitrogen and oxygen atoms in total. The van der Waals surface area contributed by atoms with Crippen LogP contribution in [0.2, 0.25) is 0 Å². The minimum Gasteiger partial charge on any atom is -0.352 e. The second kappa shape index (κ2) is 9.31. The summed E-state index contributed by atoms with van der Waals surface area (Å²) in [6, 6.07) is 13.3. The molecule has 2 aromatic rings. The average molecular weight is 370 g/mol. The monoisotopic (exact) mass is 370 g/mol. The van der Waals surface area contributed by atoms with Gasteiger partial charge in [-0.15, -0.1) is 0 Å². The molecule has 0 aliphatic carbocycles. The molecule has 1 atom stereocenters. The number of nitrogens with zero attached hydrogens (tertiary/aromatic N) is 1. The predicted octanol–water partition coefficient (Wildman–Crippen LogP) is 3.62. The molecule has 0 aliphatic heterocycles. The van der Waals surface area contributed by atoms with Gasteiger partial charge in [-0.25, -0.2) is 4.39 Å².